The SMILES string of the molecule is CCCCn1ccc2c(Cc3c(C)ccc4[nH]ncc34)nccc21. The maximum Gasteiger partial charge on any atom is 0.0653 e. The number of unbranched alkanes of at least 4 members (excludes halogenated alkanes) is 1. The van der Waals surface area contributed by atoms with Gasteiger partial charge in [-0.25, -0.2) is 0 Å². The van der Waals surface area contributed by atoms with Gasteiger partial charge in [-0.2, -0.15) is 5.10 Å². The molecule has 122 valence electrons. The van der Waals surface area contributed by atoms with E-state index >= 15 is 0 Å². The number of hydrogen-bond donors (Lipinski definition) is 1. The summed E-state index contributed by atoms with van der Waals surface area (Å²) in [6.45, 7) is 5.46. The van der Waals surface area contributed by atoms with Crippen molar-refractivity contribution in [1.82, 2.24) is 19.7 Å². The fraction of sp³-hybridized carbons (Fsp3) is 0.300. The number of aryl methyl sites for hydroxylation is 2. The number of pyridine rings is 1. The molecular weight excluding hydrogens is 296 g/mol. The number of nitrogens with one attached hydrogen (secondary N) is 1. The molecule has 1 aromatic carbocycles. The summed E-state index contributed by atoms with van der Waals surface area (Å²) in [5.74, 6) is 0. The average molecular weight is 318 g/mol. The van der Waals surface area contributed by atoms with Crippen LogP contribution in [0.25, 0.3) is 21.8 Å². The molecule has 0 amide bonds. The van der Waals surface area contributed by atoms with E-state index in [1.165, 1.54) is 40.3 Å². The van der Waals surface area contributed by atoms with E-state index in [0.29, 0.717) is 0 Å². The van der Waals surface area contributed by atoms with Crippen LogP contribution in [-0.2, 0) is 13.0 Å². The fourth-order valence-electron chi connectivity index (χ4n) is 3.43. The first kappa shape index (κ1) is 14.9. The van der Waals surface area contributed by atoms with Crippen molar-refractivity contribution in [2.75, 3.05) is 0 Å². The molecule has 0 aliphatic rings. The molecule has 1 N–H and O–H groups in total. The van der Waals surface area contributed by atoms with E-state index in [0.717, 1.165) is 24.2 Å². The van der Waals surface area contributed by atoms with E-state index in [1.54, 1.807) is 0 Å². The van der Waals surface area contributed by atoms with Gasteiger partial charge in [-0.15, -0.1) is 0 Å². The minimum atomic E-state index is 0.831. The Morgan fingerprint density at radius 2 is 2.04 bits per heavy atom. The van der Waals surface area contributed by atoms with Crippen LogP contribution >= 0.6 is 0 Å². The lowest BCUT2D eigenvalue weighted by Gasteiger charge is -2.09. The quantitative estimate of drug-likeness (QED) is 0.584. The first-order valence-electron chi connectivity index (χ1n) is 8.62. The van der Waals surface area contributed by atoms with Crippen LogP contribution in [0.4, 0.5) is 0 Å². The summed E-state index contributed by atoms with van der Waals surface area (Å²) in [5, 5.41) is 9.71. The first-order chi connectivity index (χ1) is 11.8. The highest BCUT2D eigenvalue weighted by Gasteiger charge is 2.12. The number of aromatic nitrogens is 4. The number of rotatable bonds is 5. The van der Waals surface area contributed by atoms with Gasteiger partial charge in [0.1, 0.15) is 0 Å². The van der Waals surface area contributed by atoms with E-state index in [9.17, 15) is 0 Å². The lowest BCUT2D eigenvalue weighted by Crippen LogP contribution is -1.98. The number of H-pyrrole nitrogens is 1. The number of benzene rings is 1. The van der Waals surface area contributed by atoms with Gasteiger partial charge in [0.25, 0.3) is 0 Å². The first-order valence-corrected chi connectivity index (χ1v) is 8.62. The Morgan fingerprint density at radius 3 is 2.92 bits per heavy atom. The third kappa shape index (κ3) is 2.48. The summed E-state index contributed by atoms with van der Waals surface area (Å²) in [6, 6.07) is 8.58. The standard InChI is InChI=1S/C20H22N4/c1-3-4-10-24-11-8-15-19(21-9-7-20(15)24)12-16-14(2)5-6-18-17(16)13-22-23-18/h5-9,11,13H,3-4,10,12H2,1-2H3,(H,22,23). The molecule has 0 spiro atoms. The highest BCUT2D eigenvalue weighted by atomic mass is 15.1. The van der Waals surface area contributed by atoms with Crippen molar-refractivity contribution in [3.63, 3.8) is 0 Å². The van der Waals surface area contributed by atoms with Crippen molar-refractivity contribution in [3.05, 3.63) is 59.7 Å². The zero-order valence-electron chi connectivity index (χ0n) is 14.2. The molecule has 0 radical (unpaired) electrons. The van der Waals surface area contributed by atoms with Crippen LogP contribution in [-0.4, -0.2) is 19.7 Å². The maximum atomic E-state index is 4.68. The Morgan fingerprint density at radius 1 is 1.12 bits per heavy atom. The smallest absolute Gasteiger partial charge is 0.0653 e. The van der Waals surface area contributed by atoms with E-state index in [2.05, 4.69) is 64.1 Å². The van der Waals surface area contributed by atoms with Gasteiger partial charge >= 0.3 is 0 Å². The molecule has 0 fully saturated rings. The number of hydrogen-bond acceptors (Lipinski definition) is 2. The van der Waals surface area contributed by atoms with Crippen molar-refractivity contribution in [2.45, 2.75) is 39.7 Å². The zero-order valence-corrected chi connectivity index (χ0v) is 14.2. The van der Waals surface area contributed by atoms with Gasteiger partial charge in [-0.1, -0.05) is 19.4 Å². The summed E-state index contributed by atoms with van der Waals surface area (Å²) in [6.07, 6.45) is 9.29. The van der Waals surface area contributed by atoms with Crippen LogP contribution < -0.4 is 0 Å². The molecule has 3 aromatic heterocycles. The average Bonchev–Trinajstić information content (AvgIpc) is 3.23. The van der Waals surface area contributed by atoms with Crippen LogP contribution in [0.15, 0.2) is 42.9 Å². The minimum absolute atomic E-state index is 0.831. The summed E-state index contributed by atoms with van der Waals surface area (Å²) < 4.78 is 2.34. The van der Waals surface area contributed by atoms with Crippen LogP contribution in [0, 0.1) is 6.92 Å². The lowest BCUT2D eigenvalue weighted by atomic mass is 9.98. The van der Waals surface area contributed by atoms with E-state index in [4.69, 9.17) is 0 Å². The topological polar surface area (TPSA) is 46.5 Å². The van der Waals surface area contributed by atoms with Crippen LogP contribution in [0.3, 0.4) is 0 Å². The molecule has 0 saturated carbocycles. The van der Waals surface area contributed by atoms with Crippen LogP contribution in [0.5, 0.6) is 0 Å². The maximum absolute atomic E-state index is 4.68. The number of aromatic amines is 1. The Balaban J connectivity index is 1.78. The van der Waals surface area contributed by atoms with Gasteiger partial charge < -0.3 is 4.57 Å². The van der Waals surface area contributed by atoms with E-state index in [1.807, 2.05) is 12.4 Å². The Hall–Kier alpha value is -2.62. The lowest BCUT2D eigenvalue weighted by molar-refractivity contribution is 0.650. The fourth-order valence-corrected chi connectivity index (χ4v) is 3.43. The molecule has 0 saturated heterocycles. The van der Waals surface area contributed by atoms with E-state index in [-0.39, 0.29) is 0 Å². The molecular formula is C20H22N4. The number of fused-ring (bicyclic) bond motifs is 2. The molecule has 0 unspecified atom stereocenters. The molecule has 0 bridgehead atoms. The zero-order chi connectivity index (χ0) is 16.5. The molecule has 4 aromatic rings. The summed E-state index contributed by atoms with van der Waals surface area (Å²) in [5.41, 5.74) is 6.10. The monoisotopic (exact) mass is 318 g/mol. The molecule has 24 heavy (non-hydrogen) atoms. The van der Waals surface area contributed by atoms with Gasteiger partial charge in [0.2, 0.25) is 0 Å². The number of nitrogens with zero attached hydrogens (tertiary/aromatic N) is 3. The predicted octanol–water partition coefficient (Wildman–Crippen LogP) is 4.61. The molecule has 0 aliphatic heterocycles. The largest absolute Gasteiger partial charge is 0.347 e. The third-order valence-electron chi connectivity index (χ3n) is 4.85. The second-order valence-corrected chi connectivity index (χ2v) is 6.42. The second-order valence-electron chi connectivity index (χ2n) is 6.42. The molecule has 4 heteroatoms. The molecule has 3 heterocycles. The van der Waals surface area contributed by atoms with Crippen molar-refractivity contribution < 1.29 is 0 Å². The van der Waals surface area contributed by atoms with Gasteiger partial charge in [-0.3, -0.25) is 10.1 Å². The Labute approximate surface area is 141 Å². The summed E-state index contributed by atoms with van der Waals surface area (Å²) in [4.78, 5) is 4.68. The van der Waals surface area contributed by atoms with Crippen molar-refractivity contribution >= 4 is 21.8 Å². The molecule has 4 nitrogen and oxygen atoms in total. The Bertz CT molecular complexity index is 993. The minimum Gasteiger partial charge on any atom is -0.347 e. The van der Waals surface area contributed by atoms with Gasteiger partial charge in [0.15, 0.2) is 0 Å². The molecule has 0 atom stereocenters. The molecule has 4 rings (SSSR count). The predicted molar refractivity (Wildman–Crippen MR) is 98.3 cm³/mol. The highest BCUT2D eigenvalue weighted by molar-refractivity contribution is 5.86. The van der Waals surface area contributed by atoms with Gasteiger partial charge in [-0.05, 0) is 42.7 Å². The van der Waals surface area contributed by atoms with Gasteiger partial charge in [0, 0.05) is 36.1 Å². The summed E-state index contributed by atoms with van der Waals surface area (Å²) in [7, 11) is 0. The van der Waals surface area contributed by atoms with Gasteiger partial charge in [0.05, 0.1) is 22.9 Å². The second kappa shape index (κ2) is 6.11. The van der Waals surface area contributed by atoms with Crippen LogP contribution in [0.1, 0.15) is 36.6 Å². The summed E-state index contributed by atoms with van der Waals surface area (Å²) >= 11 is 0. The van der Waals surface area contributed by atoms with Crippen LogP contribution in [0.2, 0.25) is 0 Å². The van der Waals surface area contributed by atoms with E-state index < -0.39 is 0 Å². The third-order valence-corrected chi connectivity index (χ3v) is 4.85. The normalized spacial score (nSPS) is 11.6. The molecule has 0 aliphatic carbocycles. The van der Waals surface area contributed by atoms with Crippen molar-refractivity contribution in [3.8, 4) is 0 Å². The Kier molecular flexibility index (Phi) is 3.81. The highest BCUT2D eigenvalue weighted by Crippen LogP contribution is 2.26. The van der Waals surface area contributed by atoms with Crippen molar-refractivity contribution in [1.29, 1.82) is 0 Å². The van der Waals surface area contributed by atoms with Crippen molar-refractivity contribution in [2.24, 2.45) is 0 Å².